The molecule has 110 valence electrons. The molecule has 0 radical (unpaired) electrons. The molecule has 5 heteroatoms. The van der Waals surface area contributed by atoms with Gasteiger partial charge in [0.05, 0.1) is 5.52 Å². The summed E-state index contributed by atoms with van der Waals surface area (Å²) >= 11 is 0. The SMILES string of the molecule is NC(=O)c1cc2ccccc2nc1OC1CCCC(N)C1. The van der Waals surface area contributed by atoms with E-state index in [1.54, 1.807) is 6.07 Å². The predicted octanol–water partition coefficient (Wildman–Crippen LogP) is 1.98. The number of aromatic nitrogens is 1. The molecule has 1 aromatic carbocycles. The van der Waals surface area contributed by atoms with Gasteiger partial charge in [-0.15, -0.1) is 0 Å². The summed E-state index contributed by atoms with van der Waals surface area (Å²) in [6.07, 6.45) is 3.77. The van der Waals surface area contributed by atoms with E-state index in [1.807, 2.05) is 24.3 Å². The van der Waals surface area contributed by atoms with Crippen LogP contribution in [0.25, 0.3) is 10.9 Å². The van der Waals surface area contributed by atoms with Crippen molar-refractivity contribution in [2.75, 3.05) is 0 Å². The Labute approximate surface area is 123 Å². The lowest BCUT2D eigenvalue weighted by Crippen LogP contribution is -2.34. The largest absolute Gasteiger partial charge is 0.474 e. The lowest BCUT2D eigenvalue weighted by atomic mass is 9.93. The molecule has 1 aromatic heterocycles. The van der Waals surface area contributed by atoms with Crippen molar-refractivity contribution in [2.24, 2.45) is 11.5 Å². The minimum Gasteiger partial charge on any atom is -0.474 e. The summed E-state index contributed by atoms with van der Waals surface area (Å²) in [5, 5.41) is 0.874. The Morgan fingerprint density at radius 3 is 2.86 bits per heavy atom. The molecule has 5 nitrogen and oxygen atoms in total. The molecule has 0 bridgehead atoms. The van der Waals surface area contributed by atoms with Gasteiger partial charge < -0.3 is 16.2 Å². The second kappa shape index (κ2) is 5.69. The number of rotatable bonds is 3. The average Bonchev–Trinajstić information content (AvgIpc) is 2.46. The second-order valence-electron chi connectivity index (χ2n) is 5.56. The molecule has 2 aromatic rings. The first-order valence-corrected chi connectivity index (χ1v) is 7.25. The lowest BCUT2D eigenvalue weighted by molar-refractivity contribution is 0.0983. The Bertz CT molecular complexity index is 672. The highest BCUT2D eigenvalue weighted by molar-refractivity contribution is 5.98. The molecule has 2 unspecified atom stereocenters. The van der Waals surface area contributed by atoms with Crippen LogP contribution >= 0.6 is 0 Å². The van der Waals surface area contributed by atoms with Gasteiger partial charge in [-0.25, -0.2) is 4.98 Å². The molecule has 1 amide bonds. The van der Waals surface area contributed by atoms with Crippen molar-refractivity contribution in [2.45, 2.75) is 37.8 Å². The van der Waals surface area contributed by atoms with Crippen LogP contribution in [0.3, 0.4) is 0 Å². The van der Waals surface area contributed by atoms with Crippen LogP contribution in [0.15, 0.2) is 30.3 Å². The number of ether oxygens (including phenoxy) is 1. The fourth-order valence-corrected chi connectivity index (χ4v) is 2.81. The molecule has 4 N–H and O–H groups in total. The first-order chi connectivity index (χ1) is 10.1. The Morgan fingerprint density at radius 2 is 2.10 bits per heavy atom. The molecule has 2 atom stereocenters. The minimum atomic E-state index is -0.525. The van der Waals surface area contributed by atoms with Crippen molar-refractivity contribution in [3.63, 3.8) is 0 Å². The number of fused-ring (bicyclic) bond motifs is 1. The molecule has 3 rings (SSSR count). The van der Waals surface area contributed by atoms with Gasteiger partial charge in [0.25, 0.3) is 5.91 Å². The number of benzene rings is 1. The Kier molecular flexibility index (Phi) is 3.75. The van der Waals surface area contributed by atoms with Gasteiger partial charge in [-0.05, 0) is 37.8 Å². The minimum absolute atomic E-state index is 0.000474. The van der Waals surface area contributed by atoms with Gasteiger partial charge >= 0.3 is 0 Å². The van der Waals surface area contributed by atoms with Crippen molar-refractivity contribution < 1.29 is 9.53 Å². The van der Waals surface area contributed by atoms with Crippen LogP contribution in [0.1, 0.15) is 36.0 Å². The van der Waals surface area contributed by atoms with Gasteiger partial charge in [0, 0.05) is 11.4 Å². The van der Waals surface area contributed by atoms with Crippen molar-refractivity contribution in [1.82, 2.24) is 4.98 Å². The molecular formula is C16H19N3O2. The predicted molar refractivity (Wildman–Crippen MR) is 81.1 cm³/mol. The molecule has 0 aliphatic heterocycles. The van der Waals surface area contributed by atoms with Crippen molar-refractivity contribution >= 4 is 16.8 Å². The first-order valence-electron chi connectivity index (χ1n) is 7.25. The Hall–Kier alpha value is -2.14. The van der Waals surface area contributed by atoms with E-state index in [-0.39, 0.29) is 12.1 Å². The second-order valence-corrected chi connectivity index (χ2v) is 5.56. The maximum absolute atomic E-state index is 11.6. The molecule has 1 fully saturated rings. The fourth-order valence-electron chi connectivity index (χ4n) is 2.81. The average molecular weight is 285 g/mol. The zero-order valence-electron chi connectivity index (χ0n) is 11.8. The summed E-state index contributed by atoms with van der Waals surface area (Å²) in [5.41, 5.74) is 12.5. The molecule has 1 saturated carbocycles. The third kappa shape index (κ3) is 2.97. The van der Waals surface area contributed by atoms with E-state index >= 15 is 0 Å². The quantitative estimate of drug-likeness (QED) is 0.902. The van der Waals surface area contributed by atoms with Gasteiger partial charge in [0.2, 0.25) is 5.88 Å². The number of primary amides is 1. The molecule has 1 aliphatic carbocycles. The number of para-hydroxylation sites is 1. The van der Waals surface area contributed by atoms with Crippen molar-refractivity contribution in [1.29, 1.82) is 0 Å². The standard InChI is InChI=1S/C16H19N3O2/c17-11-5-3-6-12(9-11)21-16-13(15(18)20)8-10-4-1-2-7-14(10)19-16/h1-2,4,7-8,11-12H,3,5-6,9,17H2,(H2,18,20). The van der Waals surface area contributed by atoms with Gasteiger partial charge in [-0.2, -0.15) is 0 Å². The van der Waals surface area contributed by atoms with E-state index in [9.17, 15) is 4.79 Å². The third-order valence-corrected chi connectivity index (χ3v) is 3.90. The highest BCUT2D eigenvalue weighted by Gasteiger charge is 2.23. The van der Waals surface area contributed by atoms with E-state index in [0.717, 1.165) is 36.6 Å². The first kappa shape index (κ1) is 13.8. The number of nitrogens with two attached hydrogens (primary N) is 2. The molecule has 0 spiro atoms. The van der Waals surface area contributed by atoms with Gasteiger partial charge in [0.15, 0.2) is 0 Å². The zero-order chi connectivity index (χ0) is 14.8. The van der Waals surface area contributed by atoms with E-state index in [4.69, 9.17) is 16.2 Å². The molecule has 1 heterocycles. The summed E-state index contributed by atoms with van der Waals surface area (Å²) in [7, 11) is 0. The van der Waals surface area contributed by atoms with Crippen molar-refractivity contribution in [3.05, 3.63) is 35.9 Å². The Morgan fingerprint density at radius 1 is 1.29 bits per heavy atom. The van der Waals surface area contributed by atoms with Crippen LogP contribution in [-0.2, 0) is 0 Å². The molecule has 21 heavy (non-hydrogen) atoms. The monoisotopic (exact) mass is 285 g/mol. The van der Waals surface area contributed by atoms with Crippen LogP contribution in [0.5, 0.6) is 5.88 Å². The molecule has 0 saturated heterocycles. The van der Waals surface area contributed by atoms with Crippen LogP contribution in [0.4, 0.5) is 0 Å². The number of amides is 1. The summed E-state index contributed by atoms with van der Waals surface area (Å²) in [5.74, 6) is -0.205. The van der Waals surface area contributed by atoms with Gasteiger partial charge in [0.1, 0.15) is 11.7 Å². The van der Waals surface area contributed by atoms with E-state index < -0.39 is 5.91 Å². The van der Waals surface area contributed by atoms with E-state index in [1.165, 1.54) is 0 Å². The van der Waals surface area contributed by atoms with Gasteiger partial charge in [-0.3, -0.25) is 4.79 Å². The van der Waals surface area contributed by atoms with Crippen LogP contribution < -0.4 is 16.2 Å². The summed E-state index contributed by atoms with van der Waals surface area (Å²) < 4.78 is 5.93. The molecular weight excluding hydrogens is 266 g/mol. The fraction of sp³-hybridized carbons (Fsp3) is 0.375. The smallest absolute Gasteiger partial charge is 0.254 e. The van der Waals surface area contributed by atoms with E-state index in [0.29, 0.717) is 11.4 Å². The molecule has 1 aliphatic rings. The maximum atomic E-state index is 11.6. The number of pyridine rings is 1. The van der Waals surface area contributed by atoms with Crippen LogP contribution in [0.2, 0.25) is 0 Å². The summed E-state index contributed by atoms with van der Waals surface area (Å²) in [6.45, 7) is 0. The Balaban J connectivity index is 1.95. The zero-order valence-corrected chi connectivity index (χ0v) is 11.8. The highest BCUT2D eigenvalue weighted by atomic mass is 16.5. The van der Waals surface area contributed by atoms with Gasteiger partial charge in [-0.1, -0.05) is 18.2 Å². The number of hydrogen-bond acceptors (Lipinski definition) is 4. The number of nitrogens with zero attached hydrogens (tertiary/aromatic N) is 1. The van der Waals surface area contributed by atoms with Crippen LogP contribution in [0, 0.1) is 0 Å². The number of carbonyl (C=O) groups excluding carboxylic acids is 1. The summed E-state index contributed by atoms with van der Waals surface area (Å²) in [6, 6.07) is 9.48. The third-order valence-electron chi connectivity index (χ3n) is 3.90. The van der Waals surface area contributed by atoms with E-state index in [2.05, 4.69) is 4.98 Å². The summed E-state index contributed by atoms with van der Waals surface area (Å²) in [4.78, 5) is 16.1. The maximum Gasteiger partial charge on any atom is 0.254 e. The number of carbonyl (C=O) groups is 1. The highest BCUT2D eigenvalue weighted by Crippen LogP contribution is 2.26. The van der Waals surface area contributed by atoms with Crippen molar-refractivity contribution in [3.8, 4) is 5.88 Å². The lowest BCUT2D eigenvalue weighted by Gasteiger charge is -2.27. The normalized spacial score (nSPS) is 22.1. The number of hydrogen-bond donors (Lipinski definition) is 2. The topological polar surface area (TPSA) is 91.2 Å². The van der Waals surface area contributed by atoms with Crippen LogP contribution in [-0.4, -0.2) is 23.0 Å².